The highest BCUT2D eigenvalue weighted by molar-refractivity contribution is 5.29. The van der Waals surface area contributed by atoms with E-state index < -0.39 is 0 Å². The third-order valence-electron chi connectivity index (χ3n) is 5.00. The van der Waals surface area contributed by atoms with E-state index in [-0.39, 0.29) is 0 Å². The van der Waals surface area contributed by atoms with Gasteiger partial charge in [0.2, 0.25) is 0 Å². The van der Waals surface area contributed by atoms with Gasteiger partial charge in [-0.3, -0.25) is 0 Å². The molecule has 1 saturated carbocycles. The van der Waals surface area contributed by atoms with E-state index in [9.17, 15) is 0 Å². The molecule has 0 heterocycles. The summed E-state index contributed by atoms with van der Waals surface area (Å²) in [5.74, 6) is 2.77. The van der Waals surface area contributed by atoms with Crippen molar-refractivity contribution in [1.82, 2.24) is 5.32 Å². The second-order valence-electron chi connectivity index (χ2n) is 6.14. The standard InChI is InChI=1S/C18H29NO/c1-4-14-8-10-16(11-9-14)18(19-2)13-15-6-5-7-17(12-15)20-3/h5-7,12,14,16,18-19H,4,8-11,13H2,1-3H3. The third kappa shape index (κ3) is 3.99. The molecule has 1 N–H and O–H groups in total. The normalized spacial score (nSPS) is 24.4. The molecule has 1 atom stereocenters. The summed E-state index contributed by atoms with van der Waals surface area (Å²) in [6, 6.07) is 9.09. The molecule has 0 amide bonds. The molecule has 1 aliphatic carbocycles. The van der Waals surface area contributed by atoms with Crippen LogP contribution in [0.5, 0.6) is 5.75 Å². The fourth-order valence-electron chi connectivity index (χ4n) is 3.56. The molecule has 1 unspecified atom stereocenters. The van der Waals surface area contributed by atoms with Gasteiger partial charge in [-0.05, 0) is 55.8 Å². The SMILES string of the molecule is CCC1CCC(C(Cc2cccc(OC)c2)NC)CC1. The molecule has 0 bridgehead atoms. The van der Waals surface area contributed by atoms with Crippen molar-refractivity contribution >= 4 is 0 Å². The number of methoxy groups -OCH3 is 1. The lowest BCUT2D eigenvalue weighted by molar-refractivity contribution is 0.222. The van der Waals surface area contributed by atoms with Crippen LogP contribution in [0.3, 0.4) is 0 Å². The van der Waals surface area contributed by atoms with Gasteiger partial charge >= 0.3 is 0 Å². The van der Waals surface area contributed by atoms with Crippen molar-refractivity contribution in [3.05, 3.63) is 29.8 Å². The molecule has 0 saturated heterocycles. The zero-order chi connectivity index (χ0) is 14.4. The van der Waals surface area contributed by atoms with Gasteiger partial charge in [0.05, 0.1) is 7.11 Å². The smallest absolute Gasteiger partial charge is 0.119 e. The lowest BCUT2D eigenvalue weighted by Crippen LogP contribution is -2.37. The molecule has 20 heavy (non-hydrogen) atoms. The molecule has 1 aliphatic rings. The summed E-state index contributed by atoms with van der Waals surface area (Å²) in [5.41, 5.74) is 1.38. The van der Waals surface area contributed by atoms with Gasteiger partial charge in [0, 0.05) is 6.04 Å². The Hall–Kier alpha value is -1.02. The van der Waals surface area contributed by atoms with Gasteiger partial charge in [-0.25, -0.2) is 0 Å². The first-order valence-electron chi connectivity index (χ1n) is 8.07. The number of benzene rings is 1. The first-order chi connectivity index (χ1) is 9.76. The summed E-state index contributed by atoms with van der Waals surface area (Å²) < 4.78 is 5.32. The van der Waals surface area contributed by atoms with E-state index in [1.165, 1.54) is 37.7 Å². The number of hydrogen-bond acceptors (Lipinski definition) is 2. The Labute approximate surface area is 123 Å². The van der Waals surface area contributed by atoms with Crippen molar-refractivity contribution in [3.63, 3.8) is 0 Å². The van der Waals surface area contributed by atoms with E-state index in [1.807, 2.05) is 6.07 Å². The number of ether oxygens (including phenoxy) is 1. The molecule has 2 rings (SSSR count). The summed E-state index contributed by atoms with van der Waals surface area (Å²) in [6.45, 7) is 2.33. The van der Waals surface area contributed by atoms with E-state index in [1.54, 1.807) is 7.11 Å². The average Bonchev–Trinajstić information content (AvgIpc) is 2.53. The predicted octanol–water partition coefficient (Wildman–Crippen LogP) is 4.04. The molecular formula is C18H29NO. The van der Waals surface area contributed by atoms with Crippen LogP contribution in [-0.4, -0.2) is 20.2 Å². The van der Waals surface area contributed by atoms with Gasteiger partial charge in [-0.1, -0.05) is 38.3 Å². The van der Waals surface area contributed by atoms with Gasteiger partial charge in [0.25, 0.3) is 0 Å². The first-order valence-corrected chi connectivity index (χ1v) is 8.07. The molecule has 0 spiro atoms. The quantitative estimate of drug-likeness (QED) is 0.846. The second-order valence-corrected chi connectivity index (χ2v) is 6.14. The fraction of sp³-hybridized carbons (Fsp3) is 0.667. The minimum Gasteiger partial charge on any atom is -0.497 e. The van der Waals surface area contributed by atoms with Crippen LogP contribution in [0.2, 0.25) is 0 Å². The third-order valence-corrected chi connectivity index (χ3v) is 5.00. The van der Waals surface area contributed by atoms with Crippen LogP contribution in [0, 0.1) is 11.8 Å². The van der Waals surface area contributed by atoms with Crippen LogP contribution in [0.25, 0.3) is 0 Å². The minimum atomic E-state index is 0.597. The van der Waals surface area contributed by atoms with E-state index in [0.29, 0.717) is 6.04 Å². The van der Waals surface area contributed by atoms with Crippen molar-refractivity contribution < 1.29 is 4.74 Å². The summed E-state index contributed by atoms with van der Waals surface area (Å²) in [5, 5.41) is 3.55. The number of rotatable bonds is 6. The summed E-state index contributed by atoms with van der Waals surface area (Å²) >= 11 is 0. The largest absolute Gasteiger partial charge is 0.497 e. The molecule has 1 aromatic rings. The highest BCUT2D eigenvalue weighted by Crippen LogP contribution is 2.33. The van der Waals surface area contributed by atoms with Gasteiger partial charge in [-0.2, -0.15) is 0 Å². The van der Waals surface area contributed by atoms with Crippen molar-refractivity contribution in [2.45, 2.75) is 51.5 Å². The van der Waals surface area contributed by atoms with Crippen LogP contribution in [0.15, 0.2) is 24.3 Å². The zero-order valence-electron chi connectivity index (χ0n) is 13.2. The first kappa shape index (κ1) is 15.4. The van der Waals surface area contributed by atoms with E-state index >= 15 is 0 Å². The number of likely N-dealkylation sites (N-methyl/N-ethyl adjacent to an activating group) is 1. The van der Waals surface area contributed by atoms with Crippen molar-refractivity contribution in [1.29, 1.82) is 0 Å². The maximum Gasteiger partial charge on any atom is 0.119 e. The zero-order valence-corrected chi connectivity index (χ0v) is 13.2. The summed E-state index contributed by atoms with van der Waals surface area (Å²) in [6.07, 6.45) is 8.05. The number of hydrogen-bond donors (Lipinski definition) is 1. The minimum absolute atomic E-state index is 0.597. The maximum atomic E-state index is 5.32. The van der Waals surface area contributed by atoms with Crippen molar-refractivity contribution in [3.8, 4) is 5.75 Å². The van der Waals surface area contributed by atoms with Gasteiger partial charge < -0.3 is 10.1 Å². The van der Waals surface area contributed by atoms with E-state index in [4.69, 9.17) is 4.74 Å². The predicted molar refractivity (Wildman–Crippen MR) is 85.3 cm³/mol. The fourth-order valence-corrected chi connectivity index (χ4v) is 3.56. The van der Waals surface area contributed by atoms with E-state index in [2.05, 4.69) is 37.5 Å². The molecule has 0 aliphatic heterocycles. The van der Waals surface area contributed by atoms with Gasteiger partial charge in [0.1, 0.15) is 5.75 Å². The van der Waals surface area contributed by atoms with Crippen LogP contribution < -0.4 is 10.1 Å². The molecule has 1 aromatic carbocycles. The molecule has 0 radical (unpaired) electrons. The van der Waals surface area contributed by atoms with Crippen LogP contribution in [0.1, 0.15) is 44.6 Å². The van der Waals surface area contributed by atoms with Crippen molar-refractivity contribution in [2.24, 2.45) is 11.8 Å². The molecule has 0 aromatic heterocycles. The van der Waals surface area contributed by atoms with Crippen molar-refractivity contribution in [2.75, 3.05) is 14.2 Å². The highest BCUT2D eigenvalue weighted by Gasteiger charge is 2.26. The summed E-state index contributed by atoms with van der Waals surface area (Å²) in [4.78, 5) is 0. The molecule has 2 nitrogen and oxygen atoms in total. The average molecular weight is 275 g/mol. The van der Waals surface area contributed by atoms with Gasteiger partial charge in [-0.15, -0.1) is 0 Å². The van der Waals surface area contributed by atoms with Crippen LogP contribution >= 0.6 is 0 Å². The Morgan fingerprint density at radius 1 is 1.25 bits per heavy atom. The second kappa shape index (κ2) is 7.68. The lowest BCUT2D eigenvalue weighted by Gasteiger charge is -2.33. The maximum absolute atomic E-state index is 5.32. The Morgan fingerprint density at radius 2 is 2.00 bits per heavy atom. The van der Waals surface area contributed by atoms with Crippen LogP contribution in [-0.2, 0) is 6.42 Å². The summed E-state index contributed by atoms with van der Waals surface area (Å²) in [7, 11) is 3.84. The molecule has 2 heteroatoms. The topological polar surface area (TPSA) is 21.3 Å². The van der Waals surface area contributed by atoms with Crippen LogP contribution in [0.4, 0.5) is 0 Å². The lowest BCUT2D eigenvalue weighted by atomic mass is 9.76. The van der Waals surface area contributed by atoms with E-state index in [0.717, 1.165) is 24.0 Å². The Balaban J connectivity index is 1.94. The Bertz CT molecular complexity index is 396. The monoisotopic (exact) mass is 275 g/mol. The Kier molecular flexibility index (Phi) is 5.90. The highest BCUT2D eigenvalue weighted by atomic mass is 16.5. The number of nitrogens with one attached hydrogen (secondary N) is 1. The molecule has 112 valence electrons. The van der Waals surface area contributed by atoms with Gasteiger partial charge in [0.15, 0.2) is 0 Å². The molecule has 1 fully saturated rings. The Morgan fingerprint density at radius 3 is 2.60 bits per heavy atom. The molecular weight excluding hydrogens is 246 g/mol.